The van der Waals surface area contributed by atoms with Gasteiger partial charge in [0, 0.05) is 5.41 Å². The molecule has 19 heavy (non-hydrogen) atoms. The SMILES string of the molecule is N#Cc1cccc(OCC2(CS)CCCCCC2)c1. The lowest BCUT2D eigenvalue weighted by atomic mass is 9.83. The molecule has 0 aliphatic heterocycles. The lowest BCUT2D eigenvalue weighted by Gasteiger charge is -2.30. The molecule has 1 aliphatic rings. The summed E-state index contributed by atoms with van der Waals surface area (Å²) in [5.74, 6) is 1.68. The van der Waals surface area contributed by atoms with E-state index in [-0.39, 0.29) is 5.41 Å². The molecule has 2 nitrogen and oxygen atoms in total. The second-order valence-electron chi connectivity index (χ2n) is 5.50. The number of benzene rings is 1. The molecule has 1 fully saturated rings. The van der Waals surface area contributed by atoms with E-state index in [1.54, 1.807) is 6.07 Å². The second kappa shape index (κ2) is 6.86. The van der Waals surface area contributed by atoms with Crippen molar-refractivity contribution in [1.29, 1.82) is 5.26 Å². The Hall–Kier alpha value is -1.14. The lowest BCUT2D eigenvalue weighted by Crippen LogP contribution is -2.30. The predicted molar refractivity (Wildman–Crippen MR) is 80.6 cm³/mol. The van der Waals surface area contributed by atoms with Crippen LogP contribution in [0.15, 0.2) is 24.3 Å². The third-order valence-electron chi connectivity index (χ3n) is 4.01. The van der Waals surface area contributed by atoms with Gasteiger partial charge in [0.1, 0.15) is 5.75 Å². The molecule has 1 aliphatic carbocycles. The molecule has 0 bridgehead atoms. The average Bonchev–Trinajstić information content (AvgIpc) is 2.71. The van der Waals surface area contributed by atoms with Crippen LogP contribution in [0.5, 0.6) is 5.75 Å². The van der Waals surface area contributed by atoms with E-state index in [1.165, 1.54) is 38.5 Å². The van der Waals surface area contributed by atoms with Crippen LogP contribution in [0.3, 0.4) is 0 Å². The van der Waals surface area contributed by atoms with E-state index in [0.29, 0.717) is 12.2 Å². The number of nitrogens with zero attached hydrogens (tertiary/aromatic N) is 1. The van der Waals surface area contributed by atoms with Gasteiger partial charge in [-0.1, -0.05) is 31.7 Å². The summed E-state index contributed by atoms with van der Waals surface area (Å²) in [5, 5.41) is 8.90. The topological polar surface area (TPSA) is 33.0 Å². The Bertz CT molecular complexity index is 444. The van der Waals surface area contributed by atoms with Crippen molar-refractivity contribution in [3.8, 4) is 11.8 Å². The maximum Gasteiger partial charge on any atom is 0.120 e. The van der Waals surface area contributed by atoms with Crippen LogP contribution in [0.4, 0.5) is 0 Å². The number of ether oxygens (including phenoxy) is 1. The minimum absolute atomic E-state index is 0.211. The highest BCUT2D eigenvalue weighted by Gasteiger charge is 2.30. The molecule has 0 amide bonds. The van der Waals surface area contributed by atoms with Gasteiger partial charge < -0.3 is 4.74 Å². The summed E-state index contributed by atoms with van der Waals surface area (Å²) in [6.45, 7) is 0.714. The first kappa shape index (κ1) is 14.3. The van der Waals surface area contributed by atoms with Gasteiger partial charge in [-0.15, -0.1) is 0 Å². The molecule has 1 aromatic carbocycles. The first-order chi connectivity index (χ1) is 9.28. The summed E-state index contributed by atoms with van der Waals surface area (Å²) in [7, 11) is 0. The summed E-state index contributed by atoms with van der Waals surface area (Å²) < 4.78 is 5.94. The molecular formula is C16H21NOS. The summed E-state index contributed by atoms with van der Waals surface area (Å²) in [6.07, 6.45) is 7.63. The van der Waals surface area contributed by atoms with E-state index in [4.69, 9.17) is 10.00 Å². The summed E-state index contributed by atoms with van der Waals surface area (Å²) in [4.78, 5) is 0. The van der Waals surface area contributed by atoms with Gasteiger partial charge in [0.05, 0.1) is 18.2 Å². The van der Waals surface area contributed by atoms with Gasteiger partial charge in [-0.2, -0.15) is 17.9 Å². The zero-order chi connectivity index (χ0) is 13.6. The van der Waals surface area contributed by atoms with Crippen molar-refractivity contribution in [2.45, 2.75) is 38.5 Å². The van der Waals surface area contributed by atoms with Crippen molar-refractivity contribution in [2.24, 2.45) is 5.41 Å². The molecule has 0 atom stereocenters. The smallest absolute Gasteiger partial charge is 0.120 e. The summed E-state index contributed by atoms with van der Waals surface area (Å²) >= 11 is 4.55. The van der Waals surface area contributed by atoms with E-state index in [1.807, 2.05) is 18.2 Å². The van der Waals surface area contributed by atoms with Crippen LogP contribution in [0.1, 0.15) is 44.1 Å². The minimum Gasteiger partial charge on any atom is -0.493 e. The second-order valence-corrected chi connectivity index (χ2v) is 5.82. The van der Waals surface area contributed by atoms with E-state index >= 15 is 0 Å². The predicted octanol–water partition coefficient (Wildman–Crippen LogP) is 4.21. The highest BCUT2D eigenvalue weighted by atomic mass is 32.1. The molecule has 1 saturated carbocycles. The quantitative estimate of drug-likeness (QED) is 0.659. The molecule has 0 aromatic heterocycles. The Kier molecular flexibility index (Phi) is 5.15. The van der Waals surface area contributed by atoms with Crippen LogP contribution < -0.4 is 4.74 Å². The molecule has 1 aromatic rings. The summed E-state index contributed by atoms with van der Waals surface area (Å²) in [5.41, 5.74) is 0.862. The number of hydrogen-bond donors (Lipinski definition) is 1. The third kappa shape index (κ3) is 3.91. The van der Waals surface area contributed by atoms with Crippen LogP contribution in [0.2, 0.25) is 0 Å². The van der Waals surface area contributed by atoms with Crippen molar-refractivity contribution in [1.82, 2.24) is 0 Å². The van der Waals surface area contributed by atoms with Crippen LogP contribution in [0.25, 0.3) is 0 Å². The monoisotopic (exact) mass is 275 g/mol. The Balaban J connectivity index is 2.00. The van der Waals surface area contributed by atoms with Gasteiger partial charge in [-0.3, -0.25) is 0 Å². The van der Waals surface area contributed by atoms with Crippen LogP contribution >= 0.6 is 12.6 Å². The molecule has 0 N–H and O–H groups in total. The first-order valence-corrected chi connectivity index (χ1v) is 7.65. The minimum atomic E-state index is 0.211. The van der Waals surface area contributed by atoms with Crippen molar-refractivity contribution in [2.75, 3.05) is 12.4 Å². The molecule has 0 radical (unpaired) electrons. The number of nitriles is 1. The molecule has 0 unspecified atom stereocenters. The molecular weight excluding hydrogens is 254 g/mol. The highest BCUT2D eigenvalue weighted by Crippen LogP contribution is 2.36. The number of rotatable bonds is 4. The molecule has 0 saturated heterocycles. The van der Waals surface area contributed by atoms with Crippen LogP contribution in [-0.2, 0) is 0 Å². The van der Waals surface area contributed by atoms with Gasteiger partial charge >= 0.3 is 0 Å². The van der Waals surface area contributed by atoms with E-state index in [2.05, 4.69) is 18.7 Å². The standard InChI is InChI=1S/C16H21NOS/c17-11-14-6-5-7-15(10-14)18-12-16(13-19)8-3-1-2-4-9-16/h5-7,10,19H,1-4,8-9,12-13H2. The Morgan fingerprint density at radius 2 is 1.95 bits per heavy atom. The molecule has 2 rings (SSSR count). The fourth-order valence-electron chi connectivity index (χ4n) is 2.72. The number of thiol groups is 1. The fraction of sp³-hybridized carbons (Fsp3) is 0.562. The van der Waals surface area contributed by atoms with Gasteiger partial charge in [0.25, 0.3) is 0 Å². The van der Waals surface area contributed by atoms with Gasteiger partial charge in [-0.05, 0) is 36.8 Å². The van der Waals surface area contributed by atoms with Gasteiger partial charge in [0.2, 0.25) is 0 Å². The van der Waals surface area contributed by atoms with Crippen molar-refractivity contribution in [3.63, 3.8) is 0 Å². The Labute approximate surface area is 121 Å². The summed E-state index contributed by atoms with van der Waals surface area (Å²) in [6, 6.07) is 9.54. The highest BCUT2D eigenvalue weighted by molar-refractivity contribution is 7.80. The maximum absolute atomic E-state index is 8.90. The normalized spacial score (nSPS) is 18.3. The Morgan fingerprint density at radius 3 is 2.58 bits per heavy atom. The lowest BCUT2D eigenvalue weighted by molar-refractivity contribution is 0.148. The van der Waals surface area contributed by atoms with Crippen LogP contribution in [0, 0.1) is 16.7 Å². The largest absolute Gasteiger partial charge is 0.493 e. The molecule has 0 spiro atoms. The maximum atomic E-state index is 8.90. The number of hydrogen-bond acceptors (Lipinski definition) is 3. The zero-order valence-electron chi connectivity index (χ0n) is 11.3. The van der Waals surface area contributed by atoms with E-state index < -0.39 is 0 Å². The molecule has 102 valence electrons. The average molecular weight is 275 g/mol. The van der Waals surface area contributed by atoms with Crippen molar-refractivity contribution >= 4 is 12.6 Å². The first-order valence-electron chi connectivity index (χ1n) is 7.02. The third-order valence-corrected chi connectivity index (χ3v) is 4.68. The van der Waals surface area contributed by atoms with E-state index in [9.17, 15) is 0 Å². The van der Waals surface area contributed by atoms with Gasteiger partial charge in [0.15, 0.2) is 0 Å². The van der Waals surface area contributed by atoms with Crippen molar-refractivity contribution < 1.29 is 4.74 Å². The fourth-order valence-corrected chi connectivity index (χ4v) is 3.13. The van der Waals surface area contributed by atoms with Crippen LogP contribution in [-0.4, -0.2) is 12.4 Å². The van der Waals surface area contributed by atoms with E-state index in [0.717, 1.165) is 11.5 Å². The van der Waals surface area contributed by atoms with Crippen molar-refractivity contribution in [3.05, 3.63) is 29.8 Å². The van der Waals surface area contributed by atoms with Gasteiger partial charge in [-0.25, -0.2) is 0 Å². The molecule has 3 heteroatoms. The Morgan fingerprint density at radius 1 is 1.21 bits per heavy atom. The zero-order valence-corrected chi connectivity index (χ0v) is 12.2. The molecule has 0 heterocycles.